The van der Waals surface area contributed by atoms with Gasteiger partial charge in [0.1, 0.15) is 11.4 Å². The van der Waals surface area contributed by atoms with Crippen LogP contribution in [0.25, 0.3) is 0 Å². The van der Waals surface area contributed by atoms with Gasteiger partial charge in [-0.1, -0.05) is 19.1 Å². The molecule has 0 heterocycles. The average molecular weight is 265 g/mol. The molecule has 1 atom stereocenters. The van der Waals surface area contributed by atoms with Crippen LogP contribution in [0, 0.1) is 0 Å². The lowest BCUT2D eigenvalue weighted by molar-refractivity contribution is 0.0503. The third-order valence-electron chi connectivity index (χ3n) is 2.63. The largest absolute Gasteiger partial charge is 0.508 e. The normalized spacial score (nSPS) is 12.8. The van der Waals surface area contributed by atoms with Crippen LogP contribution in [0.4, 0.5) is 4.79 Å². The molecular weight excluding hydrogens is 242 g/mol. The molecule has 0 aromatic heterocycles. The zero-order chi connectivity index (χ0) is 14.5. The first-order chi connectivity index (χ1) is 8.80. The number of ether oxygens (including phenoxy) is 1. The summed E-state index contributed by atoms with van der Waals surface area (Å²) in [7, 11) is 0. The Hall–Kier alpha value is -1.71. The number of benzene rings is 1. The predicted octanol–water partition coefficient (Wildman–Crippen LogP) is 3.24. The number of phenols is 1. The second-order valence-electron chi connectivity index (χ2n) is 5.62. The van der Waals surface area contributed by atoms with Crippen LogP contribution in [0.2, 0.25) is 0 Å². The summed E-state index contributed by atoms with van der Waals surface area (Å²) >= 11 is 0. The fourth-order valence-electron chi connectivity index (χ4n) is 1.69. The highest BCUT2D eigenvalue weighted by atomic mass is 16.6. The molecule has 0 saturated carbocycles. The molecule has 2 N–H and O–H groups in total. The molecule has 0 saturated heterocycles. The third-order valence-corrected chi connectivity index (χ3v) is 2.63. The van der Waals surface area contributed by atoms with E-state index < -0.39 is 11.7 Å². The van der Waals surface area contributed by atoms with Crippen LogP contribution >= 0.6 is 0 Å². The molecule has 0 fully saturated rings. The number of aromatic hydroxyl groups is 1. The van der Waals surface area contributed by atoms with Gasteiger partial charge in [0.15, 0.2) is 0 Å². The number of rotatable bonds is 4. The molecule has 1 aromatic carbocycles. The molecule has 4 nitrogen and oxygen atoms in total. The minimum absolute atomic E-state index is 0.0272. The van der Waals surface area contributed by atoms with Crippen molar-refractivity contribution in [3.63, 3.8) is 0 Å². The number of hydrogen-bond donors (Lipinski definition) is 2. The van der Waals surface area contributed by atoms with Gasteiger partial charge in [0, 0.05) is 6.04 Å². The summed E-state index contributed by atoms with van der Waals surface area (Å²) < 4.78 is 5.24. The van der Waals surface area contributed by atoms with Crippen molar-refractivity contribution in [1.82, 2.24) is 5.32 Å². The van der Waals surface area contributed by atoms with E-state index in [1.54, 1.807) is 12.1 Å². The summed E-state index contributed by atoms with van der Waals surface area (Å²) in [6, 6.07) is 7.04. The van der Waals surface area contributed by atoms with Crippen LogP contribution in [-0.2, 0) is 11.2 Å². The molecule has 1 aromatic rings. The molecule has 19 heavy (non-hydrogen) atoms. The third kappa shape index (κ3) is 6.13. The van der Waals surface area contributed by atoms with Crippen LogP contribution in [0.1, 0.15) is 39.7 Å². The zero-order valence-corrected chi connectivity index (χ0v) is 12.1. The molecule has 0 aliphatic heterocycles. The molecule has 1 rings (SSSR count). The van der Waals surface area contributed by atoms with Gasteiger partial charge >= 0.3 is 6.09 Å². The number of amides is 1. The molecule has 4 heteroatoms. The highest BCUT2D eigenvalue weighted by molar-refractivity contribution is 5.68. The Balaban J connectivity index is 2.54. The summed E-state index contributed by atoms with van der Waals surface area (Å²) in [6.07, 6.45) is 1.15. The van der Waals surface area contributed by atoms with E-state index in [4.69, 9.17) is 4.74 Å². The minimum atomic E-state index is -0.485. The van der Waals surface area contributed by atoms with Gasteiger partial charge < -0.3 is 15.2 Å². The summed E-state index contributed by atoms with van der Waals surface area (Å²) in [6.45, 7) is 7.54. The van der Waals surface area contributed by atoms with E-state index in [1.807, 2.05) is 39.8 Å². The summed E-state index contributed by atoms with van der Waals surface area (Å²) in [5.41, 5.74) is 0.585. The Morgan fingerprint density at radius 1 is 1.32 bits per heavy atom. The highest BCUT2D eigenvalue weighted by Crippen LogP contribution is 2.13. The zero-order valence-electron chi connectivity index (χ0n) is 12.1. The number of nitrogens with one attached hydrogen (secondary N) is 1. The van der Waals surface area contributed by atoms with Crippen molar-refractivity contribution in [1.29, 1.82) is 0 Å². The van der Waals surface area contributed by atoms with E-state index >= 15 is 0 Å². The molecule has 106 valence electrons. The van der Waals surface area contributed by atoms with Gasteiger partial charge in [-0.15, -0.1) is 0 Å². The van der Waals surface area contributed by atoms with Crippen molar-refractivity contribution < 1.29 is 14.6 Å². The second kappa shape index (κ2) is 6.45. The molecule has 0 unspecified atom stereocenters. The first kappa shape index (κ1) is 15.3. The molecule has 0 spiro atoms. The van der Waals surface area contributed by atoms with Gasteiger partial charge in [0.25, 0.3) is 0 Å². The second-order valence-corrected chi connectivity index (χ2v) is 5.62. The molecule has 0 aliphatic carbocycles. The lowest BCUT2D eigenvalue weighted by Gasteiger charge is -2.23. The number of phenolic OH excluding ortho intramolecular Hbond substituents is 1. The van der Waals surface area contributed by atoms with Crippen LogP contribution < -0.4 is 5.32 Å². The topological polar surface area (TPSA) is 58.6 Å². The van der Waals surface area contributed by atoms with Crippen LogP contribution in [-0.4, -0.2) is 22.8 Å². The van der Waals surface area contributed by atoms with Crippen molar-refractivity contribution in [2.45, 2.75) is 52.2 Å². The maximum absolute atomic E-state index is 11.7. The molecular formula is C15H23NO3. The average Bonchev–Trinajstić information content (AvgIpc) is 2.28. The Labute approximate surface area is 114 Å². The first-order valence-electron chi connectivity index (χ1n) is 6.57. The van der Waals surface area contributed by atoms with Crippen LogP contribution in [0.3, 0.4) is 0 Å². The predicted molar refractivity (Wildman–Crippen MR) is 75.3 cm³/mol. The van der Waals surface area contributed by atoms with Gasteiger partial charge in [0.2, 0.25) is 0 Å². The van der Waals surface area contributed by atoms with Gasteiger partial charge in [-0.3, -0.25) is 0 Å². The number of alkyl carbamates (subject to hydrolysis) is 1. The molecule has 1 amide bonds. The fourth-order valence-corrected chi connectivity index (χ4v) is 1.69. The van der Waals surface area contributed by atoms with Crippen molar-refractivity contribution in [2.24, 2.45) is 0 Å². The monoisotopic (exact) mass is 265 g/mol. The number of carbonyl (C=O) groups is 1. The lowest BCUT2D eigenvalue weighted by atomic mass is 10.0. The van der Waals surface area contributed by atoms with Crippen LogP contribution in [0.5, 0.6) is 5.75 Å². The molecule has 0 bridgehead atoms. The standard InChI is InChI=1S/C15H23NO3/c1-5-12(16-14(18)19-15(2,3)4)10-11-6-8-13(17)9-7-11/h6-9,12,17H,5,10H2,1-4H3,(H,16,18)/t12-/m1/s1. The Morgan fingerprint density at radius 3 is 2.37 bits per heavy atom. The lowest BCUT2D eigenvalue weighted by Crippen LogP contribution is -2.39. The van der Waals surface area contributed by atoms with Crippen molar-refractivity contribution in [2.75, 3.05) is 0 Å². The first-order valence-corrected chi connectivity index (χ1v) is 6.57. The Morgan fingerprint density at radius 2 is 1.89 bits per heavy atom. The van der Waals surface area contributed by atoms with Crippen molar-refractivity contribution in [3.05, 3.63) is 29.8 Å². The highest BCUT2D eigenvalue weighted by Gasteiger charge is 2.18. The van der Waals surface area contributed by atoms with Crippen molar-refractivity contribution in [3.8, 4) is 5.75 Å². The van der Waals surface area contributed by atoms with Crippen LogP contribution in [0.15, 0.2) is 24.3 Å². The quantitative estimate of drug-likeness (QED) is 0.878. The fraction of sp³-hybridized carbons (Fsp3) is 0.533. The number of carbonyl (C=O) groups excluding carboxylic acids is 1. The van der Waals surface area contributed by atoms with E-state index in [9.17, 15) is 9.90 Å². The van der Waals surface area contributed by atoms with Gasteiger partial charge in [-0.25, -0.2) is 4.79 Å². The van der Waals surface area contributed by atoms with Gasteiger partial charge in [-0.05, 0) is 51.3 Å². The van der Waals surface area contributed by atoms with E-state index in [1.165, 1.54) is 0 Å². The van der Waals surface area contributed by atoms with Crippen molar-refractivity contribution >= 4 is 6.09 Å². The maximum atomic E-state index is 11.7. The smallest absolute Gasteiger partial charge is 0.407 e. The SMILES string of the molecule is CC[C@H](Cc1ccc(O)cc1)NC(=O)OC(C)(C)C. The van der Waals surface area contributed by atoms with E-state index in [2.05, 4.69) is 5.32 Å². The molecule has 0 aliphatic rings. The number of hydrogen-bond acceptors (Lipinski definition) is 3. The Bertz CT molecular complexity index is 406. The van der Waals surface area contributed by atoms with Gasteiger partial charge in [0.05, 0.1) is 0 Å². The minimum Gasteiger partial charge on any atom is -0.508 e. The molecule has 0 radical (unpaired) electrons. The summed E-state index contributed by atoms with van der Waals surface area (Å²) in [5.74, 6) is 0.247. The van der Waals surface area contributed by atoms with E-state index in [-0.39, 0.29) is 11.8 Å². The summed E-state index contributed by atoms with van der Waals surface area (Å²) in [5, 5.41) is 12.1. The Kier molecular flexibility index (Phi) is 5.21. The van der Waals surface area contributed by atoms with E-state index in [0.717, 1.165) is 18.4 Å². The van der Waals surface area contributed by atoms with E-state index in [0.29, 0.717) is 0 Å². The summed E-state index contributed by atoms with van der Waals surface area (Å²) in [4.78, 5) is 11.7. The van der Waals surface area contributed by atoms with Gasteiger partial charge in [-0.2, -0.15) is 0 Å². The maximum Gasteiger partial charge on any atom is 0.407 e.